The number of ether oxygens (including phenoxy) is 1. The van der Waals surface area contributed by atoms with E-state index in [2.05, 4.69) is 0 Å². The van der Waals surface area contributed by atoms with E-state index in [0.29, 0.717) is 0 Å². The predicted molar refractivity (Wildman–Crippen MR) is 77.3 cm³/mol. The quantitative estimate of drug-likeness (QED) is 0.793. The summed E-state index contributed by atoms with van der Waals surface area (Å²) >= 11 is 0. The van der Waals surface area contributed by atoms with Crippen LogP contribution in [0.15, 0.2) is 36.4 Å². The molecule has 0 aromatic heterocycles. The van der Waals surface area contributed by atoms with E-state index >= 15 is 0 Å². The monoisotopic (exact) mass is 291 g/mol. The van der Waals surface area contributed by atoms with Gasteiger partial charge in [0, 0.05) is 5.92 Å². The van der Waals surface area contributed by atoms with Gasteiger partial charge in [-0.2, -0.15) is 15.8 Å². The standard InChI is InChI=1S/C17H13N3O2/c1-2-22-15(21)17(12-20)14(16(17,10-18)11-19)9-8-13-6-4-3-5-7-13/h3-9,14H,2H2,1H3/t14-,17-/m1/s1. The van der Waals surface area contributed by atoms with E-state index in [-0.39, 0.29) is 6.61 Å². The highest BCUT2D eigenvalue weighted by atomic mass is 16.5. The lowest BCUT2D eigenvalue weighted by Crippen LogP contribution is -2.24. The Balaban J connectivity index is 2.40. The third-order valence-electron chi connectivity index (χ3n) is 3.88. The van der Waals surface area contributed by atoms with Crippen molar-refractivity contribution in [1.82, 2.24) is 0 Å². The summed E-state index contributed by atoms with van der Waals surface area (Å²) in [5.74, 6) is -1.62. The molecule has 0 aliphatic heterocycles. The van der Waals surface area contributed by atoms with Crippen LogP contribution in [0.3, 0.4) is 0 Å². The van der Waals surface area contributed by atoms with Crippen molar-refractivity contribution in [3.63, 3.8) is 0 Å². The molecule has 0 heterocycles. The highest BCUT2D eigenvalue weighted by Gasteiger charge is 2.84. The second-order valence-corrected chi connectivity index (χ2v) is 4.92. The van der Waals surface area contributed by atoms with Crippen molar-refractivity contribution < 1.29 is 9.53 Å². The van der Waals surface area contributed by atoms with Gasteiger partial charge in [0.2, 0.25) is 0 Å². The summed E-state index contributed by atoms with van der Waals surface area (Å²) in [6.07, 6.45) is 3.27. The zero-order valence-corrected chi connectivity index (χ0v) is 12.0. The number of rotatable bonds is 4. The lowest BCUT2D eigenvalue weighted by Gasteiger charge is -2.07. The Morgan fingerprint density at radius 1 is 1.23 bits per heavy atom. The van der Waals surface area contributed by atoms with Crippen LogP contribution in [0.5, 0.6) is 0 Å². The molecule has 1 fully saturated rings. The van der Waals surface area contributed by atoms with Gasteiger partial charge in [0.1, 0.15) is 0 Å². The topological polar surface area (TPSA) is 97.7 Å². The third kappa shape index (κ3) is 1.94. The van der Waals surface area contributed by atoms with Crippen LogP contribution in [0.4, 0.5) is 0 Å². The van der Waals surface area contributed by atoms with E-state index in [1.165, 1.54) is 0 Å². The maximum atomic E-state index is 12.1. The molecule has 0 bridgehead atoms. The third-order valence-corrected chi connectivity index (χ3v) is 3.88. The zero-order chi connectivity index (χ0) is 16.2. The van der Waals surface area contributed by atoms with Crippen LogP contribution >= 0.6 is 0 Å². The van der Waals surface area contributed by atoms with Crippen molar-refractivity contribution in [2.45, 2.75) is 6.92 Å². The van der Waals surface area contributed by atoms with Crippen LogP contribution in [-0.4, -0.2) is 12.6 Å². The molecule has 5 heteroatoms. The molecule has 2 atom stereocenters. The average molecular weight is 291 g/mol. The fourth-order valence-corrected chi connectivity index (χ4v) is 2.64. The molecule has 1 aliphatic carbocycles. The summed E-state index contributed by atoms with van der Waals surface area (Å²) in [5, 5.41) is 28.1. The predicted octanol–water partition coefficient (Wildman–Crippen LogP) is 2.44. The van der Waals surface area contributed by atoms with Crippen molar-refractivity contribution in [3.8, 4) is 18.2 Å². The van der Waals surface area contributed by atoms with E-state index in [0.717, 1.165) is 5.56 Å². The van der Waals surface area contributed by atoms with Gasteiger partial charge in [-0.05, 0) is 12.5 Å². The Bertz CT molecular complexity index is 720. The fraction of sp³-hybridized carbons (Fsp3) is 0.294. The van der Waals surface area contributed by atoms with Crippen molar-refractivity contribution in [3.05, 3.63) is 42.0 Å². The summed E-state index contributed by atoms with van der Waals surface area (Å²) in [4.78, 5) is 12.1. The highest BCUT2D eigenvalue weighted by Crippen LogP contribution is 2.69. The minimum absolute atomic E-state index is 0.0876. The lowest BCUT2D eigenvalue weighted by atomic mass is 9.97. The molecular formula is C17H13N3O2. The minimum Gasteiger partial charge on any atom is -0.465 e. The molecule has 22 heavy (non-hydrogen) atoms. The van der Waals surface area contributed by atoms with Gasteiger partial charge in [0.15, 0.2) is 10.8 Å². The molecule has 0 amide bonds. The van der Waals surface area contributed by atoms with Crippen LogP contribution in [-0.2, 0) is 9.53 Å². The van der Waals surface area contributed by atoms with E-state index in [4.69, 9.17) is 4.74 Å². The highest BCUT2D eigenvalue weighted by molar-refractivity contribution is 5.90. The second kappa shape index (κ2) is 5.72. The molecule has 0 radical (unpaired) electrons. The lowest BCUT2D eigenvalue weighted by molar-refractivity contribution is -0.148. The largest absolute Gasteiger partial charge is 0.465 e. The second-order valence-electron chi connectivity index (χ2n) is 4.92. The van der Waals surface area contributed by atoms with Gasteiger partial charge in [-0.3, -0.25) is 4.79 Å². The summed E-state index contributed by atoms with van der Waals surface area (Å²) < 4.78 is 4.90. The van der Waals surface area contributed by atoms with Crippen molar-refractivity contribution in [2.75, 3.05) is 6.61 Å². The van der Waals surface area contributed by atoms with Gasteiger partial charge >= 0.3 is 5.97 Å². The number of allylic oxidation sites excluding steroid dienone is 1. The molecular weight excluding hydrogens is 278 g/mol. The normalized spacial score (nSPS) is 24.7. The number of hydrogen-bond donors (Lipinski definition) is 0. The van der Waals surface area contributed by atoms with Gasteiger partial charge in [-0.1, -0.05) is 42.5 Å². The van der Waals surface area contributed by atoms with E-state index < -0.39 is 22.7 Å². The van der Waals surface area contributed by atoms with E-state index in [9.17, 15) is 20.6 Å². The van der Waals surface area contributed by atoms with E-state index in [1.54, 1.807) is 19.1 Å². The zero-order valence-electron chi connectivity index (χ0n) is 12.0. The molecule has 1 aliphatic rings. The number of hydrogen-bond acceptors (Lipinski definition) is 5. The number of benzene rings is 1. The number of esters is 1. The fourth-order valence-electron chi connectivity index (χ4n) is 2.64. The first-order valence-corrected chi connectivity index (χ1v) is 6.77. The Labute approximate surface area is 128 Å². The van der Waals surface area contributed by atoms with E-state index in [1.807, 2.05) is 48.5 Å². The van der Waals surface area contributed by atoms with Gasteiger partial charge < -0.3 is 4.74 Å². The molecule has 1 saturated carbocycles. The van der Waals surface area contributed by atoms with Gasteiger partial charge in [-0.15, -0.1) is 0 Å². The van der Waals surface area contributed by atoms with Gasteiger partial charge in [-0.25, -0.2) is 0 Å². The molecule has 2 rings (SSSR count). The first kappa shape index (κ1) is 15.3. The summed E-state index contributed by atoms with van der Waals surface area (Å²) in [5.41, 5.74) is -2.59. The Morgan fingerprint density at radius 2 is 1.86 bits per heavy atom. The maximum Gasteiger partial charge on any atom is 0.330 e. The van der Waals surface area contributed by atoms with Crippen LogP contribution in [0, 0.1) is 50.7 Å². The summed E-state index contributed by atoms with van der Waals surface area (Å²) in [6.45, 7) is 1.70. The SMILES string of the molecule is CCOC(=O)[C@@]1(C#N)[C@H](C=Cc2ccccc2)C1(C#N)C#N. The Morgan fingerprint density at radius 3 is 2.36 bits per heavy atom. The number of nitriles is 3. The number of carbonyl (C=O) groups excluding carboxylic acids is 1. The van der Waals surface area contributed by atoms with Crippen LogP contribution in [0.2, 0.25) is 0 Å². The van der Waals surface area contributed by atoms with Crippen molar-refractivity contribution in [2.24, 2.45) is 16.7 Å². The first-order valence-electron chi connectivity index (χ1n) is 6.77. The molecule has 0 unspecified atom stereocenters. The average Bonchev–Trinajstić information content (AvgIpc) is 3.16. The van der Waals surface area contributed by atoms with Crippen LogP contribution < -0.4 is 0 Å². The summed E-state index contributed by atoms with van der Waals surface area (Å²) in [7, 11) is 0. The smallest absolute Gasteiger partial charge is 0.330 e. The summed E-state index contributed by atoms with van der Waals surface area (Å²) in [6, 6.07) is 14.8. The molecule has 0 N–H and O–H groups in total. The maximum absolute atomic E-state index is 12.1. The molecule has 108 valence electrons. The van der Waals surface area contributed by atoms with Crippen molar-refractivity contribution >= 4 is 12.0 Å². The van der Waals surface area contributed by atoms with Gasteiger partial charge in [0.05, 0.1) is 24.8 Å². The number of nitrogens with zero attached hydrogens (tertiary/aromatic N) is 3. The molecule has 0 spiro atoms. The van der Waals surface area contributed by atoms with Crippen LogP contribution in [0.1, 0.15) is 12.5 Å². The minimum atomic E-state index is -1.75. The molecule has 0 saturated heterocycles. The Hall–Kier alpha value is -3.10. The Kier molecular flexibility index (Phi) is 3.97. The van der Waals surface area contributed by atoms with Gasteiger partial charge in [0.25, 0.3) is 0 Å². The number of carbonyl (C=O) groups is 1. The van der Waals surface area contributed by atoms with Crippen LogP contribution in [0.25, 0.3) is 6.08 Å². The molecule has 5 nitrogen and oxygen atoms in total. The van der Waals surface area contributed by atoms with Crippen molar-refractivity contribution in [1.29, 1.82) is 15.8 Å². The molecule has 1 aromatic carbocycles. The first-order chi connectivity index (χ1) is 10.6. The molecule has 1 aromatic rings.